The SMILES string of the molecule is COc1cccc(C)c1NC(=O)[C@@H]1CSC(c2ccccc2)=N1. The summed E-state index contributed by atoms with van der Waals surface area (Å²) >= 11 is 1.61. The number of ether oxygens (including phenoxy) is 1. The molecule has 23 heavy (non-hydrogen) atoms. The van der Waals surface area contributed by atoms with Crippen LogP contribution in [0.1, 0.15) is 11.1 Å². The summed E-state index contributed by atoms with van der Waals surface area (Å²) in [6, 6.07) is 15.3. The van der Waals surface area contributed by atoms with Crippen LogP contribution in [0, 0.1) is 6.92 Å². The van der Waals surface area contributed by atoms with Crippen LogP contribution in [0.2, 0.25) is 0 Å². The molecule has 1 heterocycles. The molecule has 3 rings (SSSR count). The fourth-order valence-electron chi connectivity index (χ4n) is 2.42. The van der Waals surface area contributed by atoms with Crippen LogP contribution in [-0.2, 0) is 4.79 Å². The number of thioether (sulfide) groups is 1. The number of nitrogens with zero attached hydrogens (tertiary/aromatic N) is 1. The van der Waals surface area contributed by atoms with Gasteiger partial charge in [0, 0.05) is 11.3 Å². The molecule has 2 aromatic rings. The third kappa shape index (κ3) is 3.40. The molecule has 0 radical (unpaired) electrons. The number of hydrogen-bond acceptors (Lipinski definition) is 4. The summed E-state index contributed by atoms with van der Waals surface area (Å²) in [5.41, 5.74) is 2.74. The highest BCUT2D eigenvalue weighted by molar-refractivity contribution is 8.14. The van der Waals surface area contributed by atoms with Crippen molar-refractivity contribution < 1.29 is 9.53 Å². The van der Waals surface area contributed by atoms with Crippen LogP contribution in [-0.4, -0.2) is 29.9 Å². The number of carbonyl (C=O) groups excluding carboxylic acids is 1. The summed E-state index contributed by atoms with van der Waals surface area (Å²) in [6.45, 7) is 1.94. The van der Waals surface area contributed by atoms with Gasteiger partial charge in [0.15, 0.2) is 0 Å². The van der Waals surface area contributed by atoms with Gasteiger partial charge in [0.1, 0.15) is 11.8 Å². The number of nitrogens with one attached hydrogen (secondary N) is 1. The van der Waals surface area contributed by atoms with Crippen molar-refractivity contribution in [2.75, 3.05) is 18.2 Å². The summed E-state index contributed by atoms with van der Waals surface area (Å²) in [4.78, 5) is 17.1. The van der Waals surface area contributed by atoms with Crippen LogP contribution >= 0.6 is 11.8 Å². The third-order valence-corrected chi connectivity index (χ3v) is 4.77. The summed E-state index contributed by atoms with van der Waals surface area (Å²) in [7, 11) is 1.60. The number of carbonyl (C=O) groups is 1. The van der Waals surface area contributed by atoms with Crippen LogP contribution < -0.4 is 10.1 Å². The second-order valence-electron chi connectivity index (χ2n) is 5.27. The van der Waals surface area contributed by atoms with Crippen LogP contribution in [0.25, 0.3) is 0 Å². The zero-order valence-electron chi connectivity index (χ0n) is 13.1. The van der Waals surface area contributed by atoms with Gasteiger partial charge in [-0.25, -0.2) is 0 Å². The molecule has 4 nitrogen and oxygen atoms in total. The molecule has 1 atom stereocenters. The minimum atomic E-state index is -0.375. The lowest BCUT2D eigenvalue weighted by Crippen LogP contribution is -2.27. The van der Waals surface area contributed by atoms with Crippen molar-refractivity contribution in [2.45, 2.75) is 13.0 Å². The zero-order chi connectivity index (χ0) is 16.2. The molecule has 2 aromatic carbocycles. The summed E-state index contributed by atoms with van der Waals surface area (Å²) in [6.07, 6.45) is 0. The highest BCUT2D eigenvalue weighted by atomic mass is 32.2. The molecule has 0 aromatic heterocycles. The number of rotatable bonds is 4. The van der Waals surface area contributed by atoms with E-state index in [9.17, 15) is 4.79 Å². The number of aryl methyl sites for hydroxylation is 1. The molecule has 1 aliphatic heterocycles. The smallest absolute Gasteiger partial charge is 0.250 e. The molecular weight excluding hydrogens is 308 g/mol. The van der Waals surface area contributed by atoms with E-state index in [0.29, 0.717) is 17.2 Å². The second kappa shape index (κ2) is 6.87. The Hall–Kier alpha value is -2.27. The highest BCUT2D eigenvalue weighted by Crippen LogP contribution is 2.29. The molecule has 5 heteroatoms. The lowest BCUT2D eigenvalue weighted by atomic mass is 10.1. The predicted molar refractivity (Wildman–Crippen MR) is 95.6 cm³/mol. The van der Waals surface area contributed by atoms with Crippen LogP contribution in [0.5, 0.6) is 5.75 Å². The van der Waals surface area contributed by atoms with Gasteiger partial charge in [0.25, 0.3) is 0 Å². The Morgan fingerprint density at radius 2 is 2.00 bits per heavy atom. The zero-order valence-corrected chi connectivity index (χ0v) is 13.9. The monoisotopic (exact) mass is 326 g/mol. The second-order valence-corrected chi connectivity index (χ2v) is 6.28. The van der Waals surface area contributed by atoms with Gasteiger partial charge in [-0.05, 0) is 18.6 Å². The molecule has 0 fully saturated rings. The maximum atomic E-state index is 12.5. The standard InChI is InChI=1S/C18H18N2O2S/c1-12-7-6-10-15(22-2)16(12)20-17(21)14-11-23-18(19-14)13-8-4-3-5-9-13/h3-10,14H,11H2,1-2H3,(H,20,21)/t14-/m0/s1. The first-order chi connectivity index (χ1) is 11.2. The van der Waals surface area contributed by atoms with E-state index in [1.807, 2.05) is 55.5 Å². The Kier molecular flexibility index (Phi) is 4.67. The van der Waals surface area contributed by atoms with Gasteiger partial charge < -0.3 is 10.1 Å². The molecule has 0 aliphatic carbocycles. The molecule has 1 aliphatic rings. The van der Waals surface area contributed by atoms with E-state index in [-0.39, 0.29) is 11.9 Å². The topological polar surface area (TPSA) is 50.7 Å². The molecule has 0 bridgehead atoms. The molecule has 0 saturated carbocycles. The molecule has 1 N–H and O–H groups in total. The van der Waals surface area contributed by atoms with Crippen LogP contribution in [0.4, 0.5) is 5.69 Å². The van der Waals surface area contributed by atoms with Crippen molar-refractivity contribution in [3.63, 3.8) is 0 Å². The number of benzene rings is 2. The first-order valence-corrected chi connectivity index (χ1v) is 8.38. The normalized spacial score (nSPS) is 16.8. The Morgan fingerprint density at radius 1 is 1.22 bits per heavy atom. The quantitative estimate of drug-likeness (QED) is 0.935. The predicted octanol–water partition coefficient (Wildman–Crippen LogP) is 3.50. The van der Waals surface area contributed by atoms with E-state index in [1.54, 1.807) is 18.9 Å². The van der Waals surface area contributed by atoms with E-state index in [2.05, 4.69) is 10.3 Å². The summed E-state index contributed by atoms with van der Waals surface area (Å²) in [5, 5.41) is 3.88. The Bertz CT molecular complexity index is 744. The first-order valence-electron chi connectivity index (χ1n) is 7.39. The van der Waals surface area contributed by atoms with Crippen LogP contribution in [0.3, 0.4) is 0 Å². The van der Waals surface area contributed by atoms with Gasteiger partial charge >= 0.3 is 0 Å². The summed E-state index contributed by atoms with van der Waals surface area (Å²) in [5.74, 6) is 1.22. The minimum absolute atomic E-state index is 0.101. The van der Waals surface area contributed by atoms with Crippen molar-refractivity contribution in [3.8, 4) is 5.75 Å². The van der Waals surface area contributed by atoms with E-state index in [0.717, 1.165) is 16.2 Å². The maximum Gasteiger partial charge on any atom is 0.250 e. The third-order valence-electron chi connectivity index (χ3n) is 3.68. The van der Waals surface area contributed by atoms with Gasteiger partial charge in [0.2, 0.25) is 5.91 Å². The maximum absolute atomic E-state index is 12.5. The van der Waals surface area contributed by atoms with Crippen molar-refractivity contribution in [1.82, 2.24) is 0 Å². The van der Waals surface area contributed by atoms with Crippen LogP contribution in [0.15, 0.2) is 53.5 Å². The van der Waals surface area contributed by atoms with Gasteiger partial charge in [-0.3, -0.25) is 9.79 Å². The van der Waals surface area contributed by atoms with Gasteiger partial charge in [-0.1, -0.05) is 42.5 Å². The van der Waals surface area contributed by atoms with Crippen molar-refractivity contribution >= 4 is 28.4 Å². The first kappa shape index (κ1) is 15.6. The molecule has 0 unspecified atom stereocenters. The Labute approximate surface area is 140 Å². The largest absolute Gasteiger partial charge is 0.495 e. The molecular formula is C18H18N2O2S. The average molecular weight is 326 g/mol. The van der Waals surface area contributed by atoms with Gasteiger partial charge in [-0.2, -0.15) is 0 Å². The lowest BCUT2D eigenvalue weighted by Gasteiger charge is -2.14. The molecule has 118 valence electrons. The van der Waals surface area contributed by atoms with Crippen molar-refractivity contribution in [1.29, 1.82) is 0 Å². The minimum Gasteiger partial charge on any atom is -0.495 e. The fourth-order valence-corrected chi connectivity index (χ4v) is 3.47. The molecule has 1 amide bonds. The van der Waals surface area contributed by atoms with Gasteiger partial charge in [-0.15, -0.1) is 11.8 Å². The lowest BCUT2D eigenvalue weighted by molar-refractivity contribution is -0.116. The van der Waals surface area contributed by atoms with E-state index >= 15 is 0 Å². The molecule has 0 spiro atoms. The van der Waals surface area contributed by atoms with Crippen molar-refractivity contribution in [2.24, 2.45) is 4.99 Å². The van der Waals surface area contributed by atoms with Crippen molar-refractivity contribution in [3.05, 3.63) is 59.7 Å². The summed E-state index contributed by atoms with van der Waals surface area (Å²) < 4.78 is 5.32. The van der Waals surface area contributed by atoms with E-state index in [1.165, 1.54) is 0 Å². The fraction of sp³-hybridized carbons (Fsp3) is 0.222. The Morgan fingerprint density at radius 3 is 2.74 bits per heavy atom. The highest BCUT2D eigenvalue weighted by Gasteiger charge is 2.26. The number of hydrogen-bond donors (Lipinski definition) is 1. The van der Waals surface area contributed by atoms with E-state index in [4.69, 9.17) is 4.74 Å². The number of para-hydroxylation sites is 1. The number of aliphatic imine (C=N–C) groups is 1. The number of methoxy groups -OCH3 is 1. The average Bonchev–Trinajstić information content (AvgIpc) is 3.07. The number of amides is 1. The van der Waals surface area contributed by atoms with E-state index < -0.39 is 0 Å². The Balaban J connectivity index is 1.77. The number of anilines is 1. The molecule has 0 saturated heterocycles. The van der Waals surface area contributed by atoms with Gasteiger partial charge in [0.05, 0.1) is 17.8 Å².